The van der Waals surface area contributed by atoms with Crippen LogP contribution < -0.4 is 0 Å². The van der Waals surface area contributed by atoms with E-state index in [1.165, 1.54) is 11.8 Å². The Hall–Kier alpha value is -1.60. The van der Waals surface area contributed by atoms with Crippen molar-refractivity contribution in [3.05, 3.63) is 17.8 Å². The van der Waals surface area contributed by atoms with E-state index in [9.17, 15) is 4.79 Å². The van der Waals surface area contributed by atoms with E-state index in [1.54, 1.807) is 13.3 Å². The number of carbonyl (C=O) groups is 1. The third kappa shape index (κ3) is 3.29. The Kier molecular flexibility index (Phi) is 4.97. The molecular weight excluding hydrogens is 278 g/mol. The molecule has 0 aliphatic heterocycles. The van der Waals surface area contributed by atoms with Crippen LogP contribution in [0, 0.1) is 6.92 Å². The molecule has 6 nitrogen and oxygen atoms in total. The van der Waals surface area contributed by atoms with Crippen LogP contribution >= 0.6 is 11.8 Å². The number of ether oxygens (including phenoxy) is 1. The van der Waals surface area contributed by atoms with Gasteiger partial charge in [0.2, 0.25) is 0 Å². The molecule has 0 bridgehead atoms. The van der Waals surface area contributed by atoms with Gasteiger partial charge in [-0.3, -0.25) is 4.79 Å². The molecular formula is C13H17N3O3S. The van der Waals surface area contributed by atoms with Crippen molar-refractivity contribution in [3.63, 3.8) is 0 Å². The molecule has 0 unspecified atom stereocenters. The van der Waals surface area contributed by atoms with Crippen molar-refractivity contribution in [2.45, 2.75) is 25.0 Å². The maximum absolute atomic E-state index is 10.7. The fraction of sp³-hybridized carbons (Fsp3) is 0.462. The zero-order valence-corrected chi connectivity index (χ0v) is 12.3. The van der Waals surface area contributed by atoms with Gasteiger partial charge in [0, 0.05) is 26.5 Å². The maximum Gasteiger partial charge on any atom is 0.313 e. The van der Waals surface area contributed by atoms with Gasteiger partial charge in [-0.15, -0.1) is 0 Å². The van der Waals surface area contributed by atoms with Crippen LogP contribution in [0.4, 0.5) is 0 Å². The number of pyridine rings is 1. The summed E-state index contributed by atoms with van der Waals surface area (Å²) in [5.74, 6) is -0.859. The van der Waals surface area contributed by atoms with E-state index in [0.29, 0.717) is 18.3 Å². The third-order valence-electron chi connectivity index (χ3n) is 2.86. The standard InChI is InChI=1S/C13H17N3O3S/c1-9-4-5-14-12-11(9)15-13(20-8-10(17)18)16(12)6-3-7-19-2/h4-5H,3,6-8H2,1-2H3,(H,17,18). The first-order valence-corrected chi connectivity index (χ1v) is 7.27. The average Bonchev–Trinajstić information content (AvgIpc) is 2.77. The lowest BCUT2D eigenvalue weighted by Gasteiger charge is -2.07. The van der Waals surface area contributed by atoms with Gasteiger partial charge in [0.05, 0.1) is 5.75 Å². The fourth-order valence-corrected chi connectivity index (χ4v) is 2.67. The average molecular weight is 295 g/mol. The molecule has 0 aliphatic rings. The molecule has 0 saturated carbocycles. The molecule has 2 aromatic heterocycles. The van der Waals surface area contributed by atoms with Crippen LogP contribution in [0.2, 0.25) is 0 Å². The third-order valence-corrected chi connectivity index (χ3v) is 3.82. The van der Waals surface area contributed by atoms with Gasteiger partial charge in [0.1, 0.15) is 5.52 Å². The molecule has 2 heterocycles. The minimum Gasteiger partial charge on any atom is -0.481 e. The number of carboxylic acids is 1. The van der Waals surface area contributed by atoms with Crippen molar-refractivity contribution in [3.8, 4) is 0 Å². The van der Waals surface area contributed by atoms with Crippen LogP contribution in [0.5, 0.6) is 0 Å². The van der Waals surface area contributed by atoms with Crippen molar-refractivity contribution >= 4 is 28.9 Å². The lowest BCUT2D eigenvalue weighted by Crippen LogP contribution is -2.06. The number of fused-ring (bicyclic) bond motifs is 1. The maximum atomic E-state index is 10.7. The number of aliphatic carboxylic acids is 1. The number of aryl methyl sites for hydroxylation is 2. The van der Waals surface area contributed by atoms with E-state index in [0.717, 1.165) is 23.1 Å². The van der Waals surface area contributed by atoms with Crippen molar-refractivity contribution in [2.75, 3.05) is 19.5 Å². The summed E-state index contributed by atoms with van der Waals surface area (Å²) in [4.78, 5) is 19.6. The summed E-state index contributed by atoms with van der Waals surface area (Å²) in [6, 6.07) is 1.90. The first-order valence-electron chi connectivity index (χ1n) is 6.29. The summed E-state index contributed by atoms with van der Waals surface area (Å²) < 4.78 is 7.03. The summed E-state index contributed by atoms with van der Waals surface area (Å²) in [7, 11) is 1.66. The predicted molar refractivity (Wildman–Crippen MR) is 77.1 cm³/mol. The number of hydrogen-bond acceptors (Lipinski definition) is 5. The molecule has 0 spiro atoms. The van der Waals surface area contributed by atoms with Gasteiger partial charge in [-0.05, 0) is 25.0 Å². The Bertz CT molecular complexity index is 612. The van der Waals surface area contributed by atoms with Gasteiger partial charge >= 0.3 is 5.97 Å². The van der Waals surface area contributed by atoms with E-state index in [4.69, 9.17) is 9.84 Å². The van der Waals surface area contributed by atoms with Crippen molar-refractivity contribution in [1.82, 2.24) is 14.5 Å². The van der Waals surface area contributed by atoms with Gasteiger partial charge in [-0.2, -0.15) is 0 Å². The Labute approximate surface area is 121 Å². The molecule has 2 rings (SSSR count). The molecule has 0 fully saturated rings. The van der Waals surface area contributed by atoms with E-state index < -0.39 is 5.97 Å². The van der Waals surface area contributed by atoms with Gasteiger partial charge in [-0.25, -0.2) is 9.97 Å². The van der Waals surface area contributed by atoms with Gasteiger partial charge in [0.25, 0.3) is 0 Å². The minimum absolute atomic E-state index is 0.00729. The summed E-state index contributed by atoms with van der Waals surface area (Å²) in [6.45, 7) is 3.33. The SMILES string of the molecule is COCCCn1c(SCC(=O)O)nc2c(C)ccnc21. The first kappa shape index (κ1) is 14.8. The lowest BCUT2D eigenvalue weighted by molar-refractivity contribution is -0.133. The van der Waals surface area contributed by atoms with E-state index >= 15 is 0 Å². The normalized spacial score (nSPS) is 11.1. The monoisotopic (exact) mass is 295 g/mol. The zero-order chi connectivity index (χ0) is 14.5. The topological polar surface area (TPSA) is 77.2 Å². The largest absolute Gasteiger partial charge is 0.481 e. The van der Waals surface area contributed by atoms with Gasteiger partial charge in [-0.1, -0.05) is 11.8 Å². The number of thioether (sulfide) groups is 1. The van der Waals surface area contributed by atoms with Crippen LogP contribution in [-0.4, -0.2) is 45.1 Å². The highest BCUT2D eigenvalue weighted by atomic mass is 32.2. The number of hydrogen-bond donors (Lipinski definition) is 1. The second-order valence-corrected chi connectivity index (χ2v) is 5.32. The molecule has 0 atom stereocenters. The quantitative estimate of drug-likeness (QED) is 0.621. The molecule has 0 saturated heterocycles. The second-order valence-electron chi connectivity index (χ2n) is 4.37. The van der Waals surface area contributed by atoms with E-state index in [1.807, 2.05) is 17.6 Å². The Morgan fingerprint density at radius 2 is 2.35 bits per heavy atom. The van der Waals surface area contributed by atoms with Crippen molar-refractivity contribution < 1.29 is 14.6 Å². The van der Waals surface area contributed by atoms with Crippen molar-refractivity contribution in [1.29, 1.82) is 0 Å². The fourth-order valence-electron chi connectivity index (χ4n) is 1.92. The second kappa shape index (κ2) is 6.71. The Morgan fingerprint density at radius 1 is 1.55 bits per heavy atom. The van der Waals surface area contributed by atoms with Crippen LogP contribution in [0.1, 0.15) is 12.0 Å². The van der Waals surface area contributed by atoms with Gasteiger partial charge < -0.3 is 14.4 Å². The van der Waals surface area contributed by atoms with Crippen LogP contribution in [0.25, 0.3) is 11.2 Å². The first-order chi connectivity index (χ1) is 9.63. The molecule has 108 valence electrons. The highest BCUT2D eigenvalue weighted by Gasteiger charge is 2.14. The zero-order valence-electron chi connectivity index (χ0n) is 11.5. The lowest BCUT2D eigenvalue weighted by atomic mass is 10.3. The number of nitrogens with zero attached hydrogens (tertiary/aromatic N) is 3. The number of aromatic nitrogens is 3. The molecule has 0 radical (unpaired) electrons. The number of carboxylic acid groups (broad SMARTS) is 1. The Morgan fingerprint density at radius 3 is 3.05 bits per heavy atom. The minimum atomic E-state index is -0.852. The highest BCUT2D eigenvalue weighted by molar-refractivity contribution is 7.99. The summed E-state index contributed by atoms with van der Waals surface area (Å²) in [6.07, 6.45) is 2.58. The number of imidazole rings is 1. The smallest absolute Gasteiger partial charge is 0.313 e. The van der Waals surface area contributed by atoms with Crippen LogP contribution in [0.3, 0.4) is 0 Å². The van der Waals surface area contributed by atoms with Gasteiger partial charge in [0.15, 0.2) is 10.8 Å². The number of methoxy groups -OCH3 is 1. The number of rotatable bonds is 7. The Balaban J connectivity index is 2.34. The highest BCUT2D eigenvalue weighted by Crippen LogP contribution is 2.24. The van der Waals surface area contributed by atoms with Crippen LogP contribution in [-0.2, 0) is 16.1 Å². The van der Waals surface area contributed by atoms with E-state index in [-0.39, 0.29) is 5.75 Å². The molecule has 1 N–H and O–H groups in total. The predicted octanol–water partition coefficient (Wildman–Crippen LogP) is 1.95. The molecule has 0 aromatic carbocycles. The van der Waals surface area contributed by atoms with E-state index in [2.05, 4.69) is 9.97 Å². The van der Waals surface area contributed by atoms with Crippen molar-refractivity contribution in [2.24, 2.45) is 0 Å². The van der Waals surface area contributed by atoms with Crippen LogP contribution in [0.15, 0.2) is 17.4 Å². The molecule has 0 aliphatic carbocycles. The molecule has 7 heteroatoms. The summed E-state index contributed by atoms with van der Waals surface area (Å²) in [5, 5.41) is 9.51. The molecule has 0 amide bonds. The molecule has 2 aromatic rings. The molecule has 20 heavy (non-hydrogen) atoms. The summed E-state index contributed by atoms with van der Waals surface area (Å²) in [5.41, 5.74) is 2.67. The summed E-state index contributed by atoms with van der Waals surface area (Å²) >= 11 is 1.22.